The van der Waals surface area contributed by atoms with Crippen molar-refractivity contribution >= 4 is 5.97 Å². The Kier molecular flexibility index (Phi) is 3.50. The van der Waals surface area contributed by atoms with Crippen molar-refractivity contribution < 1.29 is 19.0 Å². The summed E-state index contributed by atoms with van der Waals surface area (Å²) in [6.07, 6.45) is 1.83. The highest BCUT2D eigenvalue weighted by Gasteiger charge is 2.14. The molecule has 20 heavy (non-hydrogen) atoms. The molecule has 0 aliphatic carbocycles. The van der Waals surface area contributed by atoms with E-state index in [1.807, 2.05) is 24.3 Å². The Labute approximate surface area is 116 Å². The van der Waals surface area contributed by atoms with E-state index in [-0.39, 0.29) is 25.8 Å². The van der Waals surface area contributed by atoms with E-state index in [1.165, 1.54) is 0 Å². The maximum atomic E-state index is 11.7. The van der Waals surface area contributed by atoms with Crippen LogP contribution in [-0.2, 0) is 22.6 Å². The molecule has 0 spiro atoms. The summed E-state index contributed by atoms with van der Waals surface area (Å²) in [4.78, 5) is 15.8. The number of hydrogen-bond donors (Lipinski definition) is 0. The standard InChI is InChI=1S/C15H13NO4/c17-15(8-12-3-1-2-6-16-12)18-9-11-4-5-13-14(7-11)20-10-19-13/h1-7H,8-10H2. The van der Waals surface area contributed by atoms with Crippen LogP contribution >= 0.6 is 0 Å². The predicted octanol–water partition coefficient (Wildman–Crippen LogP) is 2.10. The minimum Gasteiger partial charge on any atom is -0.461 e. The van der Waals surface area contributed by atoms with Gasteiger partial charge in [0.15, 0.2) is 11.5 Å². The van der Waals surface area contributed by atoms with Gasteiger partial charge in [0.25, 0.3) is 0 Å². The van der Waals surface area contributed by atoms with E-state index in [2.05, 4.69) is 4.98 Å². The van der Waals surface area contributed by atoms with E-state index < -0.39 is 0 Å². The van der Waals surface area contributed by atoms with Gasteiger partial charge in [-0.2, -0.15) is 0 Å². The maximum absolute atomic E-state index is 11.7. The van der Waals surface area contributed by atoms with Crippen LogP contribution in [0.3, 0.4) is 0 Å². The first-order valence-corrected chi connectivity index (χ1v) is 6.25. The van der Waals surface area contributed by atoms with Gasteiger partial charge in [0.2, 0.25) is 6.79 Å². The first kappa shape index (κ1) is 12.5. The molecule has 0 saturated heterocycles. The molecule has 0 fully saturated rings. The lowest BCUT2D eigenvalue weighted by Crippen LogP contribution is -2.08. The zero-order valence-electron chi connectivity index (χ0n) is 10.7. The number of hydrogen-bond acceptors (Lipinski definition) is 5. The Morgan fingerprint density at radius 1 is 1.20 bits per heavy atom. The molecule has 2 aromatic rings. The summed E-state index contributed by atoms with van der Waals surface area (Å²) < 4.78 is 15.7. The second kappa shape index (κ2) is 5.61. The summed E-state index contributed by atoms with van der Waals surface area (Å²) in [5, 5.41) is 0. The highest BCUT2D eigenvalue weighted by atomic mass is 16.7. The van der Waals surface area contributed by atoms with Crippen LogP contribution in [0.4, 0.5) is 0 Å². The molecule has 5 nitrogen and oxygen atoms in total. The Hall–Kier alpha value is -2.56. The lowest BCUT2D eigenvalue weighted by molar-refractivity contribution is -0.144. The summed E-state index contributed by atoms with van der Waals surface area (Å²) in [6, 6.07) is 10.9. The van der Waals surface area contributed by atoms with Gasteiger partial charge in [0.1, 0.15) is 6.61 Å². The lowest BCUT2D eigenvalue weighted by Gasteiger charge is -2.05. The molecule has 5 heteroatoms. The molecule has 102 valence electrons. The molecule has 2 heterocycles. The zero-order valence-corrected chi connectivity index (χ0v) is 10.7. The molecule has 0 N–H and O–H groups in total. The fourth-order valence-corrected chi connectivity index (χ4v) is 1.90. The molecular formula is C15H13NO4. The van der Waals surface area contributed by atoms with Gasteiger partial charge in [0.05, 0.1) is 12.1 Å². The number of carbonyl (C=O) groups is 1. The SMILES string of the molecule is O=C(Cc1ccccn1)OCc1ccc2c(c1)OCO2. The van der Waals surface area contributed by atoms with Crippen molar-refractivity contribution in [1.82, 2.24) is 4.98 Å². The molecule has 1 aromatic heterocycles. The van der Waals surface area contributed by atoms with Crippen LogP contribution in [0.15, 0.2) is 42.6 Å². The maximum Gasteiger partial charge on any atom is 0.312 e. The number of benzene rings is 1. The van der Waals surface area contributed by atoms with Gasteiger partial charge in [0, 0.05) is 6.20 Å². The highest BCUT2D eigenvalue weighted by Crippen LogP contribution is 2.32. The van der Waals surface area contributed by atoms with Crippen LogP contribution in [0, 0.1) is 0 Å². The largest absolute Gasteiger partial charge is 0.461 e. The van der Waals surface area contributed by atoms with E-state index >= 15 is 0 Å². The van der Waals surface area contributed by atoms with Crippen molar-refractivity contribution in [2.45, 2.75) is 13.0 Å². The Bertz CT molecular complexity index is 613. The average molecular weight is 271 g/mol. The van der Waals surface area contributed by atoms with Crippen molar-refractivity contribution in [2.75, 3.05) is 6.79 Å². The van der Waals surface area contributed by atoms with Crippen molar-refractivity contribution in [1.29, 1.82) is 0 Å². The summed E-state index contributed by atoms with van der Waals surface area (Å²) >= 11 is 0. The van der Waals surface area contributed by atoms with E-state index in [9.17, 15) is 4.79 Å². The van der Waals surface area contributed by atoms with Crippen LogP contribution in [0.25, 0.3) is 0 Å². The first-order valence-electron chi connectivity index (χ1n) is 6.25. The molecule has 0 saturated carbocycles. The Balaban J connectivity index is 1.55. The van der Waals surface area contributed by atoms with E-state index in [0.717, 1.165) is 5.56 Å². The van der Waals surface area contributed by atoms with Crippen molar-refractivity contribution in [2.24, 2.45) is 0 Å². The second-order valence-electron chi connectivity index (χ2n) is 4.35. The third-order valence-corrected chi connectivity index (χ3v) is 2.89. The zero-order chi connectivity index (χ0) is 13.8. The molecule has 3 rings (SSSR count). The molecule has 0 bridgehead atoms. The van der Waals surface area contributed by atoms with Crippen molar-refractivity contribution in [3.8, 4) is 11.5 Å². The molecule has 1 aliphatic rings. The predicted molar refractivity (Wildman–Crippen MR) is 70.3 cm³/mol. The fourth-order valence-electron chi connectivity index (χ4n) is 1.90. The van der Waals surface area contributed by atoms with Crippen LogP contribution in [0.1, 0.15) is 11.3 Å². The second-order valence-corrected chi connectivity index (χ2v) is 4.35. The van der Waals surface area contributed by atoms with Crippen LogP contribution in [-0.4, -0.2) is 17.7 Å². The number of ether oxygens (including phenoxy) is 3. The number of carbonyl (C=O) groups excluding carboxylic acids is 1. The quantitative estimate of drug-likeness (QED) is 0.797. The normalized spacial score (nSPS) is 12.2. The van der Waals surface area contributed by atoms with Crippen LogP contribution in [0.2, 0.25) is 0 Å². The van der Waals surface area contributed by atoms with Crippen molar-refractivity contribution in [3.05, 3.63) is 53.9 Å². The monoisotopic (exact) mass is 271 g/mol. The Morgan fingerprint density at radius 2 is 2.10 bits per heavy atom. The number of pyridine rings is 1. The highest BCUT2D eigenvalue weighted by molar-refractivity contribution is 5.72. The number of rotatable bonds is 4. The third kappa shape index (κ3) is 2.88. The number of aromatic nitrogens is 1. The summed E-state index contributed by atoms with van der Waals surface area (Å²) in [6.45, 7) is 0.445. The Morgan fingerprint density at radius 3 is 2.95 bits per heavy atom. The lowest BCUT2D eigenvalue weighted by atomic mass is 10.2. The third-order valence-electron chi connectivity index (χ3n) is 2.89. The first-order chi connectivity index (χ1) is 9.81. The van der Waals surface area contributed by atoms with Gasteiger partial charge in [-0.25, -0.2) is 0 Å². The molecule has 0 radical (unpaired) electrons. The molecule has 1 aliphatic heterocycles. The number of nitrogens with zero attached hydrogens (tertiary/aromatic N) is 1. The van der Waals surface area contributed by atoms with E-state index in [1.54, 1.807) is 18.3 Å². The summed E-state index contributed by atoms with van der Waals surface area (Å²) in [5.41, 5.74) is 1.56. The van der Waals surface area contributed by atoms with Crippen LogP contribution < -0.4 is 9.47 Å². The molecule has 1 aromatic carbocycles. The topological polar surface area (TPSA) is 57.7 Å². The van der Waals surface area contributed by atoms with E-state index in [4.69, 9.17) is 14.2 Å². The number of esters is 1. The van der Waals surface area contributed by atoms with E-state index in [0.29, 0.717) is 17.2 Å². The molecule has 0 unspecified atom stereocenters. The van der Waals surface area contributed by atoms with Gasteiger partial charge in [-0.1, -0.05) is 12.1 Å². The minimum atomic E-state index is -0.304. The van der Waals surface area contributed by atoms with Gasteiger partial charge < -0.3 is 14.2 Å². The van der Waals surface area contributed by atoms with Gasteiger partial charge in [-0.3, -0.25) is 9.78 Å². The fraction of sp³-hybridized carbons (Fsp3) is 0.200. The van der Waals surface area contributed by atoms with Gasteiger partial charge in [-0.05, 0) is 29.8 Å². The molecule has 0 atom stereocenters. The smallest absolute Gasteiger partial charge is 0.312 e. The minimum absolute atomic E-state index is 0.172. The van der Waals surface area contributed by atoms with Crippen molar-refractivity contribution in [3.63, 3.8) is 0 Å². The average Bonchev–Trinajstić information content (AvgIpc) is 2.93. The summed E-state index contributed by atoms with van der Waals surface area (Å²) in [7, 11) is 0. The summed E-state index contributed by atoms with van der Waals surface area (Å²) in [5.74, 6) is 1.10. The molecule has 0 amide bonds. The van der Waals surface area contributed by atoms with Crippen LogP contribution in [0.5, 0.6) is 11.5 Å². The number of fused-ring (bicyclic) bond motifs is 1. The molecular weight excluding hydrogens is 258 g/mol. The van der Waals surface area contributed by atoms with Gasteiger partial charge in [-0.15, -0.1) is 0 Å². The van der Waals surface area contributed by atoms with Gasteiger partial charge >= 0.3 is 5.97 Å².